The average molecular weight is 201 g/mol. The van der Waals surface area contributed by atoms with Gasteiger partial charge in [0.05, 0.1) is 5.69 Å². The van der Waals surface area contributed by atoms with Crippen molar-refractivity contribution in [2.45, 2.75) is 6.54 Å². The molecule has 4 nitrogen and oxygen atoms in total. The van der Waals surface area contributed by atoms with E-state index < -0.39 is 0 Å². The third-order valence-corrected chi connectivity index (χ3v) is 1.97. The van der Waals surface area contributed by atoms with Crippen LogP contribution in [0.4, 0.5) is 0 Å². The Bertz CT molecular complexity index is 266. The molecule has 0 saturated carbocycles. The standard InChI is InChI=1S/C8H13ClN4/c1-13(5-2-10)6-7-8(9)12-4-3-11-7/h3-4H,2,5-6,10H2,1H3. The van der Waals surface area contributed by atoms with E-state index in [0.717, 1.165) is 12.2 Å². The minimum absolute atomic E-state index is 0.464. The van der Waals surface area contributed by atoms with E-state index in [1.807, 2.05) is 7.05 Å². The molecule has 1 aromatic heterocycles. The SMILES string of the molecule is CN(CCN)Cc1nccnc1Cl. The second-order valence-electron chi connectivity index (χ2n) is 2.82. The molecule has 72 valence electrons. The molecule has 0 unspecified atom stereocenters. The van der Waals surface area contributed by atoms with Gasteiger partial charge < -0.3 is 5.73 Å². The maximum Gasteiger partial charge on any atom is 0.151 e. The Morgan fingerprint density at radius 3 is 2.77 bits per heavy atom. The highest BCUT2D eigenvalue weighted by atomic mass is 35.5. The minimum atomic E-state index is 0.464. The predicted octanol–water partition coefficient (Wildman–Crippen LogP) is 0.521. The predicted molar refractivity (Wildman–Crippen MR) is 52.4 cm³/mol. The highest BCUT2D eigenvalue weighted by Gasteiger charge is 2.04. The van der Waals surface area contributed by atoms with Crippen LogP contribution in [0, 0.1) is 0 Å². The van der Waals surface area contributed by atoms with Crippen molar-refractivity contribution in [2.24, 2.45) is 5.73 Å². The maximum absolute atomic E-state index is 5.84. The summed E-state index contributed by atoms with van der Waals surface area (Å²) in [5.74, 6) is 0. The molecule has 0 aliphatic rings. The Kier molecular flexibility index (Phi) is 4.08. The molecule has 2 N–H and O–H groups in total. The number of halogens is 1. The van der Waals surface area contributed by atoms with E-state index in [9.17, 15) is 0 Å². The van der Waals surface area contributed by atoms with Crippen molar-refractivity contribution in [3.63, 3.8) is 0 Å². The number of nitrogens with zero attached hydrogens (tertiary/aromatic N) is 3. The second-order valence-corrected chi connectivity index (χ2v) is 3.18. The number of likely N-dealkylation sites (N-methyl/N-ethyl adjacent to an activating group) is 1. The van der Waals surface area contributed by atoms with E-state index in [0.29, 0.717) is 18.2 Å². The van der Waals surface area contributed by atoms with Gasteiger partial charge in [0.1, 0.15) is 0 Å². The lowest BCUT2D eigenvalue weighted by Gasteiger charge is -2.14. The fourth-order valence-electron chi connectivity index (χ4n) is 1.01. The third-order valence-electron chi connectivity index (χ3n) is 1.65. The molecule has 5 heteroatoms. The smallest absolute Gasteiger partial charge is 0.151 e. The molecular formula is C8H13ClN4. The molecule has 13 heavy (non-hydrogen) atoms. The summed E-state index contributed by atoms with van der Waals surface area (Å²) in [7, 11) is 1.97. The van der Waals surface area contributed by atoms with Crippen molar-refractivity contribution >= 4 is 11.6 Å². The summed E-state index contributed by atoms with van der Waals surface area (Å²) in [5, 5.41) is 0.464. The first kappa shape index (κ1) is 10.4. The number of aromatic nitrogens is 2. The van der Waals surface area contributed by atoms with Gasteiger partial charge in [0.15, 0.2) is 5.15 Å². The highest BCUT2D eigenvalue weighted by Crippen LogP contribution is 2.09. The van der Waals surface area contributed by atoms with Crippen molar-refractivity contribution < 1.29 is 0 Å². The van der Waals surface area contributed by atoms with Crippen LogP contribution in [0.25, 0.3) is 0 Å². The molecule has 0 atom stereocenters. The molecule has 0 saturated heterocycles. The molecular weight excluding hydrogens is 188 g/mol. The van der Waals surface area contributed by atoms with Crippen molar-refractivity contribution in [1.82, 2.24) is 14.9 Å². The topological polar surface area (TPSA) is 55.0 Å². The van der Waals surface area contributed by atoms with Crippen LogP contribution in [-0.4, -0.2) is 35.0 Å². The zero-order valence-corrected chi connectivity index (χ0v) is 8.33. The van der Waals surface area contributed by atoms with Gasteiger partial charge in [-0.05, 0) is 7.05 Å². The van der Waals surface area contributed by atoms with E-state index in [1.54, 1.807) is 12.4 Å². The molecule has 0 bridgehead atoms. The van der Waals surface area contributed by atoms with Crippen LogP contribution >= 0.6 is 11.6 Å². The van der Waals surface area contributed by atoms with E-state index in [2.05, 4.69) is 14.9 Å². The molecule has 1 rings (SSSR count). The van der Waals surface area contributed by atoms with Crippen LogP contribution in [0.3, 0.4) is 0 Å². The van der Waals surface area contributed by atoms with Gasteiger partial charge in [-0.15, -0.1) is 0 Å². The van der Waals surface area contributed by atoms with Gasteiger partial charge in [-0.25, -0.2) is 4.98 Å². The van der Waals surface area contributed by atoms with Gasteiger partial charge in [0.2, 0.25) is 0 Å². The molecule has 0 aliphatic carbocycles. The Labute approximate surface area is 82.7 Å². The van der Waals surface area contributed by atoms with Gasteiger partial charge >= 0.3 is 0 Å². The van der Waals surface area contributed by atoms with Gasteiger partial charge in [-0.3, -0.25) is 9.88 Å². The molecule has 0 aromatic carbocycles. The van der Waals surface area contributed by atoms with Crippen molar-refractivity contribution in [3.8, 4) is 0 Å². The number of hydrogen-bond donors (Lipinski definition) is 1. The number of nitrogens with two attached hydrogens (primary N) is 1. The zero-order valence-electron chi connectivity index (χ0n) is 7.57. The molecule has 0 fully saturated rings. The normalized spacial score (nSPS) is 10.8. The Morgan fingerprint density at radius 2 is 2.15 bits per heavy atom. The van der Waals surface area contributed by atoms with Crippen LogP contribution in [0.2, 0.25) is 5.15 Å². The monoisotopic (exact) mass is 200 g/mol. The van der Waals surface area contributed by atoms with Crippen LogP contribution < -0.4 is 5.73 Å². The lowest BCUT2D eigenvalue weighted by molar-refractivity contribution is 0.332. The van der Waals surface area contributed by atoms with Crippen LogP contribution in [-0.2, 0) is 6.54 Å². The Morgan fingerprint density at radius 1 is 1.46 bits per heavy atom. The van der Waals surface area contributed by atoms with Gasteiger partial charge in [0, 0.05) is 32.0 Å². The fraction of sp³-hybridized carbons (Fsp3) is 0.500. The van der Waals surface area contributed by atoms with Gasteiger partial charge in [0.25, 0.3) is 0 Å². The highest BCUT2D eigenvalue weighted by molar-refractivity contribution is 6.29. The van der Waals surface area contributed by atoms with Crippen molar-refractivity contribution in [2.75, 3.05) is 20.1 Å². The van der Waals surface area contributed by atoms with Gasteiger partial charge in [-0.1, -0.05) is 11.6 Å². The average Bonchev–Trinajstić information content (AvgIpc) is 2.09. The van der Waals surface area contributed by atoms with Crippen molar-refractivity contribution in [1.29, 1.82) is 0 Å². The summed E-state index contributed by atoms with van der Waals surface area (Å²) in [6.07, 6.45) is 3.21. The quantitative estimate of drug-likeness (QED) is 0.770. The van der Waals surface area contributed by atoms with E-state index in [-0.39, 0.29) is 0 Å². The van der Waals surface area contributed by atoms with E-state index >= 15 is 0 Å². The van der Waals surface area contributed by atoms with Crippen LogP contribution in [0.5, 0.6) is 0 Å². The molecule has 0 amide bonds. The fourth-order valence-corrected chi connectivity index (χ4v) is 1.18. The molecule has 0 aliphatic heterocycles. The van der Waals surface area contributed by atoms with Gasteiger partial charge in [-0.2, -0.15) is 0 Å². The first-order chi connectivity index (χ1) is 6.24. The largest absolute Gasteiger partial charge is 0.329 e. The zero-order chi connectivity index (χ0) is 9.68. The lowest BCUT2D eigenvalue weighted by Crippen LogP contribution is -2.25. The Balaban J connectivity index is 2.58. The summed E-state index contributed by atoms with van der Waals surface area (Å²) >= 11 is 5.84. The van der Waals surface area contributed by atoms with Crippen molar-refractivity contribution in [3.05, 3.63) is 23.2 Å². The summed E-state index contributed by atoms with van der Waals surface area (Å²) in [6.45, 7) is 2.14. The summed E-state index contributed by atoms with van der Waals surface area (Å²) in [4.78, 5) is 10.1. The first-order valence-corrected chi connectivity index (χ1v) is 4.46. The molecule has 0 spiro atoms. The summed E-state index contributed by atoms with van der Waals surface area (Å²) in [5.41, 5.74) is 6.20. The molecule has 1 aromatic rings. The minimum Gasteiger partial charge on any atom is -0.329 e. The first-order valence-electron chi connectivity index (χ1n) is 4.08. The van der Waals surface area contributed by atoms with Crippen LogP contribution in [0.15, 0.2) is 12.4 Å². The maximum atomic E-state index is 5.84. The summed E-state index contributed by atoms with van der Waals surface area (Å²) in [6, 6.07) is 0. The second kappa shape index (κ2) is 5.11. The summed E-state index contributed by atoms with van der Waals surface area (Å²) < 4.78 is 0. The van der Waals surface area contributed by atoms with E-state index in [1.165, 1.54) is 0 Å². The van der Waals surface area contributed by atoms with E-state index in [4.69, 9.17) is 17.3 Å². The lowest BCUT2D eigenvalue weighted by atomic mass is 10.4. The number of hydrogen-bond acceptors (Lipinski definition) is 4. The number of rotatable bonds is 4. The van der Waals surface area contributed by atoms with Crippen LogP contribution in [0.1, 0.15) is 5.69 Å². The third kappa shape index (κ3) is 3.26. The Hall–Kier alpha value is -0.710. The molecule has 0 radical (unpaired) electrons. The molecule has 1 heterocycles.